The van der Waals surface area contributed by atoms with E-state index in [2.05, 4.69) is 13.0 Å². The van der Waals surface area contributed by atoms with Gasteiger partial charge in [0.2, 0.25) is 0 Å². The van der Waals surface area contributed by atoms with Crippen LogP contribution in [0.1, 0.15) is 58.8 Å². The standard InChI is InChI=1S/C19H27FO2/c1-18-7-4-3-5-13(18)16(21)9-11-12(18)6-8-19(2)14(11)10-15(20)17(19)22/h5,11-12,14-16,21H,3-4,6-10H2,1-2H3/t11-,12+,14+,15+,16+,18-,19+/m1/s1. The first-order valence-corrected chi connectivity index (χ1v) is 8.95. The van der Waals surface area contributed by atoms with E-state index in [1.807, 2.05) is 6.92 Å². The van der Waals surface area contributed by atoms with Gasteiger partial charge in [0, 0.05) is 5.41 Å². The smallest absolute Gasteiger partial charge is 0.173 e. The number of carbonyl (C=O) groups is 1. The summed E-state index contributed by atoms with van der Waals surface area (Å²) >= 11 is 0. The van der Waals surface area contributed by atoms with Crippen LogP contribution in [0.15, 0.2) is 11.6 Å². The van der Waals surface area contributed by atoms with Crippen LogP contribution in [0.5, 0.6) is 0 Å². The highest BCUT2D eigenvalue weighted by Gasteiger charge is 2.62. The molecular weight excluding hydrogens is 279 g/mol. The third-order valence-corrected chi connectivity index (χ3v) is 7.73. The van der Waals surface area contributed by atoms with Crippen LogP contribution in [0, 0.1) is 28.6 Å². The van der Waals surface area contributed by atoms with Gasteiger partial charge >= 0.3 is 0 Å². The van der Waals surface area contributed by atoms with Gasteiger partial charge < -0.3 is 5.11 Å². The van der Waals surface area contributed by atoms with Gasteiger partial charge in [-0.3, -0.25) is 4.79 Å². The van der Waals surface area contributed by atoms with E-state index in [-0.39, 0.29) is 23.2 Å². The number of hydrogen-bond acceptors (Lipinski definition) is 2. The molecule has 0 heterocycles. The fourth-order valence-corrected chi connectivity index (χ4v) is 6.56. The van der Waals surface area contributed by atoms with Crippen molar-refractivity contribution in [1.29, 1.82) is 0 Å². The molecule has 7 atom stereocenters. The van der Waals surface area contributed by atoms with E-state index >= 15 is 0 Å². The molecule has 0 bridgehead atoms. The number of hydrogen-bond donors (Lipinski definition) is 1. The molecular formula is C19H27FO2. The quantitative estimate of drug-likeness (QED) is 0.691. The highest BCUT2D eigenvalue weighted by molar-refractivity contribution is 5.91. The SMILES string of the molecule is C[C@]12CCCC=C1[C@@H](O)C[C@@H]1[C@@H]2CC[C@]2(C)C(=O)[C@@H](F)C[C@@H]12. The van der Waals surface area contributed by atoms with Crippen LogP contribution in [0.3, 0.4) is 0 Å². The average Bonchev–Trinajstić information content (AvgIpc) is 2.71. The Kier molecular flexibility index (Phi) is 3.15. The Balaban J connectivity index is 1.74. The Morgan fingerprint density at radius 2 is 1.95 bits per heavy atom. The summed E-state index contributed by atoms with van der Waals surface area (Å²) in [6.07, 6.45) is 6.94. The second-order valence-electron chi connectivity index (χ2n) is 8.62. The van der Waals surface area contributed by atoms with Gasteiger partial charge in [0.15, 0.2) is 12.0 Å². The number of rotatable bonds is 0. The normalized spacial score (nSPS) is 54.3. The highest BCUT2D eigenvalue weighted by atomic mass is 19.1. The van der Waals surface area contributed by atoms with Gasteiger partial charge in [-0.1, -0.05) is 19.9 Å². The zero-order chi connectivity index (χ0) is 15.7. The molecule has 122 valence electrons. The van der Waals surface area contributed by atoms with Gasteiger partial charge in [-0.25, -0.2) is 4.39 Å². The maximum absolute atomic E-state index is 14.1. The summed E-state index contributed by atoms with van der Waals surface area (Å²) in [6.45, 7) is 4.29. The molecule has 0 saturated heterocycles. The van der Waals surface area contributed by atoms with Crippen LogP contribution in [-0.4, -0.2) is 23.2 Å². The molecule has 3 fully saturated rings. The molecule has 4 aliphatic carbocycles. The van der Waals surface area contributed by atoms with Gasteiger partial charge in [0.1, 0.15) is 0 Å². The van der Waals surface area contributed by atoms with Gasteiger partial charge in [0.05, 0.1) is 6.10 Å². The number of fused-ring (bicyclic) bond motifs is 5. The third-order valence-electron chi connectivity index (χ3n) is 7.73. The molecule has 3 heteroatoms. The average molecular weight is 306 g/mol. The molecule has 0 aromatic rings. The van der Waals surface area contributed by atoms with Gasteiger partial charge in [0.25, 0.3) is 0 Å². The molecule has 0 spiro atoms. The predicted octanol–water partition coefficient (Wildman–Crippen LogP) is 3.83. The van der Waals surface area contributed by atoms with E-state index in [0.29, 0.717) is 18.3 Å². The lowest BCUT2D eigenvalue weighted by Crippen LogP contribution is -2.53. The van der Waals surface area contributed by atoms with Crippen LogP contribution < -0.4 is 0 Å². The van der Waals surface area contributed by atoms with Gasteiger partial charge in [-0.15, -0.1) is 0 Å². The van der Waals surface area contributed by atoms with E-state index in [4.69, 9.17) is 0 Å². The first-order valence-electron chi connectivity index (χ1n) is 8.95. The maximum atomic E-state index is 14.1. The van der Waals surface area contributed by atoms with Crippen molar-refractivity contribution in [2.24, 2.45) is 28.6 Å². The maximum Gasteiger partial charge on any atom is 0.173 e. The Labute approximate surface area is 132 Å². The van der Waals surface area contributed by atoms with E-state index in [1.165, 1.54) is 12.0 Å². The van der Waals surface area contributed by atoms with Crippen LogP contribution in [-0.2, 0) is 4.79 Å². The topological polar surface area (TPSA) is 37.3 Å². The zero-order valence-electron chi connectivity index (χ0n) is 13.6. The Hall–Kier alpha value is -0.700. The number of Topliss-reactive ketones (excluding diaryl/α,β-unsaturated/α-hetero) is 1. The minimum atomic E-state index is -1.28. The summed E-state index contributed by atoms with van der Waals surface area (Å²) in [5.74, 6) is 0.779. The summed E-state index contributed by atoms with van der Waals surface area (Å²) in [7, 11) is 0. The number of alkyl halides is 1. The number of ketones is 1. The molecule has 4 rings (SSSR count). The van der Waals surface area contributed by atoms with Crippen molar-refractivity contribution in [3.63, 3.8) is 0 Å². The first kappa shape index (κ1) is 14.9. The van der Waals surface area contributed by atoms with E-state index in [0.717, 1.165) is 32.1 Å². The molecule has 22 heavy (non-hydrogen) atoms. The molecule has 2 nitrogen and oxygen atoms in total. The summed E-state index contributed by atoms with van der Waals surface area (Å²) in [5.41, 5.74) is 0.830. The number of carbonyl (C=O) groups excluding carboxylic acids is 1. The molecule has 0 aromatic heterocycles. The second-order valence-corrected chi connectivity index (χ2v) is 8.62. The Bertz CT molecular complexity index is 542. The van der Waals surface area contributed by atoms with Crippen molar-refractivity contribution in [3.8, 4) is 0 Å². The van der Waals surface area contributed by atoms with Crippen molar-refractivity contribution >= 4 is 5.78 Å². The number of aliphatic hydroxyl groups excluding tert-OH is 1. The Morgan fingerprint density at radius 3 is 2.73 bits per heavy atom. The van der Waals surface area contributed by atoms with Crippen LogP contribution in [0.25, 0.3) is 0 Å². The lowest BCUT2D eigenvalue weighted by Gasteiger charge is -2.58. The minimum absolute atomic E-state index is 0.0688. The molecule has 0 aliphatic heterocycles. The minimum Gasteiger partial charge on any atom is -0.389 e. The molecule has 0 radical (unpaired) electrons. The summed E-state index contributed by atoms with van der Waals surface area (Å²) in [5, 5.41) is 10.7. The van der Waals surface area contributed by atoms with E-state index in [1.54, 1.807) is 0 Å². The van der Waals surface area contributed by atoms with E-state index < -0.39 is 11.6 Å². The van der Waals surface area contributed by atoms with Crippen LogP contribution >= 0.6 is 0 Å². The lowest BCUT2D eigenvalue weighted by molar-refractivity contribution is -0.136. The molecule has 0 aromatic carbocycles. The summed E-state index contributed by atoms with van der Waals surface area (Å²) in [6, 6.07) is 0. The largest absolute Gasteiger partial charge is 0.389 e. The fourth-order valence-electron chi connectivity index (χ4n) is 6.56. The predicted molar refractivity (Wildman–Crippen MR) is 83.0 cm³/mol. The highest BCUT2D eigenvalue weighted by Crippen LogP contribution is 2.64. The van der Waals surface area contributed by atoms with Crippen molar-refractivity contribution < 1.29 is 14.3 Å². The van der Waals surface area contributed by atoms with Gasteiger partial charge in [-0.05, 0) is 73.7 Å². The number of halogens is 1. The number of aliphatic hydroxyl groups is 1. The van der Waals surface area contributed by atoms with E-state index in [9.17, 15) is 14.3 Å². The summed E-state index contributed by atoms with van der Waals surface area (Å²) < 4.78 is 14.1. The number of allylic oxidation sites excluding steroid dienone is 1. The van der Waals surface area contributed by atoms with Gasteiger partial charge in [-0.2, -0.15) is 0 Å². The van der Waals surface area contributed by atoms with Crippen molar-refractivity contribution in [2.45, 2.75) is 71.1 Å². The molecule has 4 aliphatic rings. The monoisotopic (exact) mass is 306 g/mol. The van der Waals surface area contributed by atoms with Crippen molar-refractivity contribution in [3.05, 3.63) is 11.6 Å². The molecule has 0 unspecified atom stereocenters. The van der Waals surface area contributed by atoms with Crippen LogP contribution in [0.4, 0.5) is 4.39 Å². The van der Waals surface area contributed by atoms with Crippen molar-refractivity contribution in [2.75, 3.05) is 0 Å². The lowest BCUT2D eigenvalue weighted by atomic mass is 9.47. The van der Waals surface area contributed by atoms with Crippen molar-refractivity contribution in [1.82, 2.24) is 0 Å². The van der Waals surface area contributed by atoms with Crippen LogP contribution in [0.2, 0.25) is 0 Å². The molecule has 3 saturated carbocycles. The third kappa shape index (κ3) is 1.72. The second kappa shape index (κ2) is 4.66. The first-order chi connectivity index (χ1) is 10.4. The Morgan fingerprint density at radius 1 is 1.18 bits per heavy atom. The molecule has 1 N–H and O–H groups in total. The molecule has 0 amide bonds. The summed E-state index contributed by atoms with van der Waals surface area (Å²) in [4.78, 5) is 12.3. The zero-order valence-corrected chi connectivity index (χ0v) is 13.6. The fraction of sp³-hybridized carbons (Fsp3) is 0.842.